The minimum Gasteiger partial charge on any atom is -0.497 e. The molecule has 0 aromatic heterocycles. The van der Waals surface area contributed by atoms with Crippen molar-refractivity contribution in [2.75, 3.05) is 7.11 Å². The average Bonchev–Trinajstić information content (AvgIpc) is 2.17. The third kappa shape index (κ3) is 3.26. The molecule has 5 heteroatoms. The van der Waals surface area contributed by atoms with Crippen LogP contribution in [0, 0.1) is 0 Å². The number of methoxy groups -OCH3 is 1. The lowest BCUT2D eigenvalue weighted by Gasteiger charge is -2.06. The van der Waals surface area contributed by atoms with E-state index in [0.717, 1.165) is 11.3 Å². The van der Waals surface area contributed by atoms with E-state index in [2.05, 4.69) is 0 Å². The highest BCUT2D eigenvalue weighted by molar-refractivity contribution is 7.69. The summed E-state index contributed by atoms with van der Waals surface area (Å²) in [5.74, 6) is 0.739. The van der Waals surface area contributed by atoms with Crippen LogP contribution in [0.15, 0.2) is 24.3 Å². The predicted molar refractivity (Wildman–Crippen MR) is 56.0 cm³/mol. The van der Waals surface area contributed by atoms with Gasteiger partial charge in [0.15, 0.2) is 0 Å². The van der Waals surface area contributed by atoms with Crippen molar-refractivity contribution in [3.8, 4) is 5.75 Å². The Morgan fingerprint density at radius 2 is 2.21 bits per heavy atom. The summed E-state index contributed by atoms with van der Waals surface area (Å²) in [7, 11) is -0.506. The third-order valence-corrected chi connectivity index (χ3v) is 2.53. The first kappa shape index (κ1) is 11.4. The van der Waals surface area contributed by atoms with Crippen molar-refractivity contribution in [1.82, 2.24) is 0 Å². The topological polar surface area (TPSA) is 35.5 Å². The standard InChI is InChI=1S/C9H11ClO3P/c1-7(13-14(10)11)8-4-3-5-9(6-8)12-2/h3-7H,1-2H3/q+1. The van der Waals surface area contributed by atoms with Crippen LogP contribution in [-0.4, -0.2) is 7.11 Å². The Labute approximate surface area is 88.6 Å². The molecule has 3 nitrogen and oxygen atoms in total. The molecule has 14 heavy (non-hydrogen) atoms. The summed E-state index contributed by atoms with van der Waals surface area (Å²) in [4.78, 5) is 0. The van der Waals surface area contributed by atoms with Crippen LogP contribution in [0.4, 0.5) is 0 Å². The number of hydrogen-bond donors (Lipinski definition) is 0. The normalized spacial score (nSPS) is 13.5. The smallest absolute Gasteiger partial charge is 0.497 e. The Hall–Kier alpha value is -0.630. The fraction of sp³-hybridized carbons (Fsp3) is 0.333. The quantitative estimate of drug-likeness (QED) is 0.745. The molecule has 2 atom stereocenters. The SMILES string of the molecule is COc1cccc(C(C)O[P+](=O)Cl)c1. The molecule has 0 spiro atoms. The van der Waals surface area contributed by atoms with E-state index in [1.807, 2.05) is 24.3 Å². The molecule has 0 fully saturated rings. The summed E-state index contributed by atoms with van der Waals surface area (Å²) in [5.41, 5.74) is 0.883. The first-order chi connectivity index (χ1) is 6.63. The monoisotopic (exact) mass is 233 g/mol. The van der Waals surface area contributed by atoms with Crippen molar-refractivity contribution in [3.63, 3.8) is 0 Å². The molecular formula is C9H11ClO3P+. The van der Waals surface area contributed by atoms with Gasteiger partial charge in [0.25, 0.3) is 0 Å². The van der Waals surface area contributed by atoms with Crippen LogP contribution in [0.1, 0.15) is 18.6 Å². The van der Waals surface area contributed by atoms with Gasteiger partial charge in [0.2, 0.25) is 11.2 Å². The minimum absolute atomic E-state index is 0.300. The second-order valence-electron chi connectivity index (χ2n) is 2.74. The molecule has 1 aromatic carbocycles. The number of hydrogen-bond acceptors (Lipinski definition) is 3. The van der Waals surface area contributed by atoms with E-state index in [9.17, 15) is 4.57 Å². The van der Waals surface area contributed by atoms with Crippen molar-refractivity contribution in [2.24, 2.45) is 0 Å². The zero-order valence-electron chi connectivity index (χ0n) is 7.94. The van der Waals surface area contributed by atoms with Crippen LogP contribution in [-0.2, 0) is 9.09 Å². The van der Waals surface area contributed by atoms with Gasteiger partial charge in [-0.2, -0.15) is 0 Å². The van der Waals surface area contributed by atoms with Crippen LogP contribution in [0.25, 0.3) is 0 Å². The van der Waals surface area contributed by atoms with Crippen LogP contribution in [0.2, 0.25) is 0 Å². The summed E-state index contributed by atoms with van der Waals surface area (Å²) in [6.07, 6.45) is -0.300. The molecule has 0 aliphatic carbocycles. The average molecular weight is 234 g/mol. The highest BCUT2D eigenvalue weighted by Crippen LogP contribution is 2.36. The Bertz CT molecular complexity index is 330. The number of halogens is 1. The molecule has 0 heterocycles. The van der Waals surface area contributed by atoms with Crippen LogP contribution >= 0.6 is 18.6 Å². The minimum atomic E-state index is -2.10. The molecule has 0 aliphatic rings. The van der Waals surface area contributed by atoms with E-state index in [-0.39, 0.29) is 6.10 Å². The van der Waals surface area contributed by atoms with Crippen molar-refractivity contribution in [3.05, 3.63) is 29.8 Å². The fourth-order valence-electron chi connectivity index (χ4n) is 1.08. The maximum absolute atomic E-state index is 10.6. The highest BCUT2D eigenvalue weighted by Gasteiger charge is 2.20. The third-order valence-electron chi connectivity index (χ3n) is 1.80. The Kier molecular flexibility index (Phi) is 4.33. The Balaban J connectivity index is 2.78. The van der Waals surface area contributed by atoms with Gasteiger partial charge in [-0.1, -0.05) is 12.1 Å². The summed E-state index contributed by atoms with van der Waals surface area (Å²) in [5, 5.41) is 0. The maximum Gasteiger partial charge on any atom is 0.634 e. The van der Waals surface area contributed by atoms with Crippen LogP contribution in [0.5, 0.6) is 5.75 Å². The van der Waals surface area contributed by atoms with Gasteiger partial charge < -0.3 is 4.74 Å². The summed E-state index contributed by atoms with van der Waals surface area (Å²) < 4.78 is 20.6. The second-order valence-corrected chi connectivity index (χ2v) is 4.20. The molecule has 1 rings (SSSR count). The first-order valence-electron chi connectivity index (χ1n) is 4.07. The lowest BCUT2D eigenvalue weighted by Crippen LogP contribution is -1.94. The van der Waals surface area contributed by atoms with Gasteiger partial charge in [0.05, 0.1) is 7.11 Å². The molecule has 1 aromatic rings. The number of benzene rings is 1. The summed E-state index contributed by atoms with van der Waals surface area (Å²) in [6, 6.07) is 7.36. The molecule has 0 aliphatic heterocycles. The lowest BCUT2D eigenvalue weighted by atomic mass is 10.1. The van der Waals surface area contributed by atoms with E-state index >= 15 is 0 Å². The maximum atomic E-state index is 10.6. The Morgan fingerprint density at radius 1 is 1.50 bits per heavy atom. The van der Waals surface area contributed by atoms with E-state index in [1.165, 1.54) is 0 Å². The van der Waals surface area contributed by atoms with Gasteiger partial charge in [-0.3, -0.25) is 0 Å². The van der Waals surface area contributed by atoms with Crippen molar-refractivity contribution >= 4 is 18.6 Å². The first-order valence-corrected chi connectivity index (χ1v) is 6.15. The molecule has 2 unspecified atom stereocenters. The van der Waals surface area contributed by atoms with Gasteiger partial charge in [-0.05, 0) is 29.2 Å². The van der Waals surface area contributed by atoms with Crippen molar-refractivity contribution in [1.29, 1.82) is 0 Å². The van der Waals surface area contributed by atoms with Crippen LogP contribution in [0.3, 0.4) is 0 Å². The van der Waals surface area contributed by atoms with E-state index in [1.54, 1.807) is 14.0 Å². The lowest BCUT2D eigenvalue weighted by molar-refractivity contribution is 0.247. The molecule has 0 amide bonds. The molecule has 0 bridgehead atoms. The van der Waals surface area contributed by atoms with E-state index in [4.69, 9.17) is 20.5 Å². The molecule has 0 N–H and O–H groups in total. The molecule has 0 radical (unpaired) electrons. The van der Waals surface area contributed by atoms with E-state index in [0.29, 0.717) is 0 Å². The Morgan fingerprint density at radius 3 is 2.79 bits per heavy atom. The molecule has 76 valence electrons. The van der Waals surface area contributed by atoms with Gasteiger partial charge in [-0.25, -0.2) is 0 Å². The largest absolute Gasteiger partial charge is 0.634 e. The van der Waals surface area contributed by atoms with Gasteiger partial charge in [0.1, 0.15) is 11.9 Å². The van der Waals surface area contributed by atoms with E-state index < -0.39 is 7.38 Å². The van der Waals surface area contributed by atoms with Crippen molar-refractivity contribution < 1.29 is 13.8 Å². The predicted octanol–water partition coefficient (Wildman–Crippen LogP) is 3.67. The highest BCUT2D eigenvalue weighted by atomic mass is 35.7. The molecular weight excluding hydrogens is 223 g/mol. The van der Waals surface area contributed by atoms with Gasteiger partial charge in [0, 0.05) is 0 Å². The van der Waals surface area contributed by atoms with Gasteiger partial charge in [-0.15, -0.1) is 4.52 Å². The molecule has 0 saturated carbocycles. The van der Waals surface area contributed by atoms with Crippen LogP contribution < -0.4 is 4.74 Å². The zero-order valence-corrected chi connectivity index (χ0v) is 9.59. The van der Waals surface area contributed by atoms with Gasteiger partial charge >= 0.3 is 7.38 Å². The van der Waals surface area contributed by atoms with Crippen molar-refractivity contribution in [2.45, 2.75) is 13.0 Å². The fourth-order valence-corrected chi connectivity index (χ4v) is 1.81. The molecule has 0 saturated heterocycles. The summed E-state index contributed by atoms with van der Waals surface area (Å²) in [6.45, 7) is 1.78. The number of rotatable bonds is 4. The zero-order chi connectivity index (χ0) is 10.6. The summed E-state index contributed by atoms with van der Waals surface area (Å²) >= 11 is 5.25. The number of ether oxygens (including phenoxy) is 1. The second kappa shape index (κ2) is 5.30.